The average molecular weight is 287 g/mol. The van der Waals surface area contributed by atoms with Crippen LogP contribution in [0.25, 0.3) is 0 Å². The summed E-state index contributed by atoms with van der Waals surface area (Å²) in [5, 5.41) is 9.79. The maximum absolute atomic E-state index is 12.5. The number of amides is 1. The first-order chi connectivity index (χ1) is 9.40. The lowest BCUT2D eigenvalue weighted by atomic mass is 9.76. The fourth-order valence-corrected chi connectivity index (χ4v) is 2.85. The smallest absolute Gasteiger partial charge is 0.254 e. The number of rotatable bonds is 7. The predicted molar refractivity (Wildman–Crippen MR) is 77.5 cm³/mol. The van der Waals surface area contributed by atoms with Gasteiger partial charge in [0.25, 0.3) is 5.91 Å². The number of aliphatic hydroxyl groups excluding tert-OH is 1. The molecule has 0 radical (unpaired) electrons. The molecule has 0 bridgehead atoms. The van der Waals surface area contributed by atoms with Gasteiger partial charge >= 0.3 is 0 Å². The Morgan fingerprint density at radius 3 is 2.65 bits per heavy atom. The Bertz CT molecular complexity index is 319. The lowest BCUT2D eigenvalue weighted by Crippen LogP contribution is -2.54. The summed E-state index contributed by atoms with van der Waals surface area (Å²) in [5.41, 5.74) is -0.985. The van der Waals surface area contributed by atoms with Crippen molar-refractivity contribution in [2.24, 2.45) is 5.41 Å². The standard InChI is InChI=1S/C15H29NO4/c1-14(2,20-4)13(18)16-9-5-7-15(11-16,12-17)8-6-10-19-3/h17H,5-12H2,1-4H3/t15-/m0/s1. The topological polar surface area (TPSA) is 59.0 Å². The lowest BCUT2D eigenvalue weighted by molar-refractivity contribution is -0.155. The minimum Gasteiger partial charge on any atom is -0.396 e. The van der Waals surface area contributed by atoms with Crippen molar-refractivity contribution in [3.63, 3.8) is 0 Å². The Balaban J connectivity index is 2.70. The minimum absolute atomic E-state index is 0.00395. The quantitative estimate of drug-likeness (QED) is 0.720. The van der Waals surface area contributed by atoms with Crippen LogP contribution in [0.15, 0.2) is 0 Å². The first-order valence-corrected chi connectivity index (χ1v) is 7.35. The SMILES string of the molecule is COCCC[C@@]1(CO)CCCN(C(=O)C(C)(C)OC)C1. The highest BCUT2D eigenvalue weighted by atomic mass is 16.5. The zero-order valence-electron chi connectivity index (χ0n) is 13.3. The fraction of sp³-hybridized carbons (Fsp3) is 0.933. The van der Waals surface area contributed by atoms with Crippen molar-refractivity contribution in [1.82, 2.24) is 4.90 Å². The Kier molecular flexibility index (Phi) is 6.43. The monoisotopic (exact) mass is 287 g/mol. The molecule has 1 aliphatic heterocycles. The number of likely N-dealkylation sites (tertiary alicyclic amines) is 1. The molecule has 5 heteroatoms. The third kappa shape index (κ3) is 4.17. The highest BCUT2D eigenvalue weighted by molar-refractivity contribution is 5.84. The van der Waals surface area contributed by atoms with Gasteiger partial charge in [-0.1, -0.05) is 0 Å². The summed E-state index contributed by atoms with van der Waals surface area (Å²) in [5.74, 6) is 0.00395. The van der Waals surface area contributed by atoms with E-state index in [1.54, 1.807) is 28.1 Å². The van der Waals surface area contributed by atoms with Crippen molar-refractivity contribution in [2.45, 2.75) is 45.1 Å². The minimum atomic E-state index is -0.801. The molecule has 1 heterocycles. The van der Waals surface area contributed by atoms with E-state index >= 15 is 0 Å². The molecule has 0 saturated carbocycles. The molecule has 1 atom stereocenters. The molecular weight excluding hydrogens is 258 g/mol. The van der Waals surface area contributed by atoms with Gasteiger partial charge in [-0.25, -0.2) is 0 Å². The maximum Gasteiger partial charge on any atom is 0.254 e. The number of hydrogen-bond acceptors (Lipinski definition) is 4. The summed E-state index contributed by atoms with van der Waals surface area (Å²) in [6, 6.07) is 0. The largest absolute Gasteiger partial charge is 0.396 e. The van der Waals surface area contributed by atoms with E-state index in [1.165, 1.54) is 0 Å². The van der Waals surface area contributed by atoms with Crippen molar-refractivity contribution in [2.75, 3.05) is 40.5 Å². The van der Waals surface area contributed by atoms with Crippen LogP contribution >= 0.6 is 0 Å². The van der Waals surface area contributed by atoms with Crippen LogP contribution in [-0.4, -0.2) is 62.0 Å². The van der Waals surface area contributed by atoms with Gasteiger partial charge in [0.15, 0.2) is 0 Å². The molecule has 1 saturated heterocycles. The van der Waals surface area contributed by atoms with Gasteiger partial charge in [0.05, 0.1) is 6.61 Å². The summed E-state index contributed by atoms with van der Waals surface area (Å²) in [6.07, 6.45) is 3.69. The number of carbonyl (C=O) groups is 1. The highest BCUT2D eigenvalue weighted by Crippen LogP contribution is 2.35. The molecule has 5 nitrogen and oxygen atoms in total. The number of methoxy groups -OCH3 is 2. The molecule has 0 aliphatic carbocycles. The van der Waals surface area contributed by atoms with Crippen LogP contribution in [0.3, 0.4) is 0 Å². The van der Waals surface area contributed by atoms with Gasteiger partial charge in [0, 0.05) is 39.3 Å². The third-order valence-electron chi connectivity index (χ3n) is 4.36. The van der Waals surface area contributed by atoms with E-state index in [2.05, 4.69) is 0 Å². The summed E-state index contributed by atoms with van der Waals surface area (Å²) in [7, 11) is 3.24. The van der Waals surface area contributed by atoms with Gasteiger partial charge in [-0.15, -0.1) is 0 Å². The predicted octanol–water partition coefficient (Wildman–Crippen LogP) is 1.44. The van der Waals surface area contributed by atoms with Crippen LogP contribution in [0.1, 0.15) is 39.5 Å². The molecule has 1 fully saturated rings. The molecule has 1 rings (SSSR count). The van der Waals surface area contributed by atoms with E-state index in [4.69, 9.17) is 9.47 Å². The first-order valence-electron chi connectivity index (χ1n) is 7.35. The van der Waals surface area contributed by atoms with E-state index in [0.29, 0.717) is 13.2 Å². The van der Waals surface area contributed by atoms with Crippen LogP contribution in [-0.2, 0) is 14.3 Å². The van der Waals surface area contributed by atoms with Gasteiger partial charge < -0.3 is 19.5 Å². The normalized spacial score (nSPS) is 23.9. The van der Waals surface area contributed by atoms with E-state index in [9.17, 15) is 9.90 Å². The number of ether oxygens (including phenoxy) is 2. The van der Waals surface area contributed by atoms with Crippen LogP contribution in [0, 0.1) is 5.41 Å². The van der Waals surface area contributed by atoms with Crippen LogP contribution in [0.4, 0.5) is 0 Å². The molecule has 0 aromatic heterocycles. The zero-order valence-corrected chi connectivity index (χ0v) is 13.3. The number of nitrogens with zero attached hydrogens (tertiary/aromatic N) is 1. The van der Waals surface area contributed by atoms with Gasteiger partial charge in [-0.3, -0.25) is 4.79 Å². The van der Waals surface area contributed by atoms with E-state index in [-0.39, 0.29) is 17.9 Å². The van der Waals surface area contributed by atoms with Crippen molar-refractivity contribution in [3.8, 4) is 0 Å². The first kappa shape index (κ1) is 17.4. The Morgan fingerprint density at radius 2 is 2.10 bits per heavy atom. The molecule has 0 aromatic rings. The summed E-state index contributed by atoms with van der Waals surface area (Å²) >= 11 is 0. The van der Waals surface area contributed by atoms with Gasteiger partial charge in [0.1, 0.15) is 5.60 Å². The van der Waals surface area contributed by atoms with Crippen LogP contribution in [0.2, 0.25) is 0 Å². The molecule has 20 heavy (non-hydrogen) atoms. The molecule has 0 aromatic carbocycles. The second-order valence-electron chi connectivity index (χ2n) is 6.30. The van der Waals surface area contributed by atoms with Crippen molar-refractivity contribution in [1.29, 1.82) is 0 Å². The van der Waals surface area contributed by atoms with Crippen LogP contribution in [0.5, 0.6) is 0 Å². The second-order valence-corrected chi connectivity index (χ2v) is 6.30. The molecule has 0 unspecified atom stereocenters. The van der Waals surface area contributed by atoms with E-state index in [1.807, 2.05) is 4.90 Å². The summed E-state index contributed by atoms with van der Waals surface area (Å²) < 4.78 is 10.4. The van der Waals surface area contributed by atoms with E-state index < -0.39 is 5.60 Å². The zero-order chi connectivity index (χ0) is 15.2. The fourth-order valence-electron chi connectivity index (χ4n) is 2.85. The van der Waals surface area contributed by atoms with Crippen LogP contribution < -0.4 is 0 Å². The molecule has 1 aliphatic rings. The summed E-state index contributed by atoms with van der Waals surface area (Å²) in [6.45, 7) is 5.74. The molecule has 1 N–H and O–H groups in total. The number of hydrogen-bond donors (Lipinski definition) is 1. The van der Waals surface area contributed by atoms with Gasteiger partial charge in [0.2, 0.25) is 0 Å². The van der Waals surface area contributed by atoms with Gasteiger partial charge in [-0.05, 0) is 39.5 Å². The Hall–Kier alpha value is -0.650. The molecule has 1 amide bonds. The van der Waals surface area contributed by atoms with Gasteiger partial charge in [-0.2, -0.15) is 0 Å². The van der Waals surface area contributed by atoms with Crippen molar-refractivity contribution >= 4 is 5.91 Å². The average Bonchev–Trinajstić information content (AvgIpc) is 2.47. The Morgan fingerprint density at radius 1 is 1.40 bits per heavy atom. The number of carbonyl (C=O) groups excluding carboxylic acids is 1. The highest BCUT2D eigenvalue weighted by Gasteiger charge is 2.40. The lowest BCUT2D eigenvalue weighted by Gasteiger charge is -2.44. The third-order valence-corrected chi connectivity index (χ3v) is 4.36. The molecule has 0 spiro atoms. The van der Waals surface area contributed by atoms with Crippen molar-refractivity contribution < 1.29 is 19.4 Å². The Labute approximate surface area is 122 Å². The molecular formula is C15H29NO4. The molecule has 118 valence electrons. The number of piperidine rings is 1. The second kappa shape index (κ2) is 7.38. The van der Waals surface area contributed by atoms with Crippen molar-refractivity contribution in [3.05, 3.63) is 0 Å². The number of aliphatic hydroxyl groups is 1. The van der Waals surface area contributed by atoms with E-state index in [0.717, 1.165) is 32.2 Å². The maximum atomic E-state index is 12.5. The summed E-state index contributed by atoms with van der Waals surface area (Å²) in [4.78, 5) is 14.3.